The van der Waals surface area contributed by atoms with Crippen molar-refractivity contribution in [3.63, 3.8) is 0 Å². The number of hydrogen-bond acceptors (Lipinski definition) is 11. The van der Waals surface area contributed by atoms with Gasteiger partial charge in [-0.25, -0.2) is 9.97 Å². The molecule has 1 unspecified atom stereocenters. The van der Waals surface area contributed by atoms with Crippen molar-refractivity contribution in [1.82, 2.24) is 19.9 Å². The normalized spacial score (nSPS) is 25.6. The Labute approximate surface area is 226 Å². The van der Waals surface area contributed by atoms with Gasteiger partial charge in [0.2, 0.25) is 5.95 Å². The van der Waals surface area contributed by atoms with Crippen molar-refractivity contribution in [2.24, 2.45) is 5.92 Å². The minimum absolute atomic E-state index is 0.350. The molecule has 4 atom stereocenters. The minimum Gasteiger partial charge on any atom is -0.390 e. The standard InChI is InChI=1S/C27H38N6O4S/c1-14-19(24-32-20-15(2)28-11-8-18(20)38-24)23(31-17-12-16(26(3,4)36)21(34)22(17)35)33-25(30-14)29-13-27(37)9-6-5-7-10-27/h8,11,16-17,21-22,34-37H,5-7,9-10,12-13H2,1-4H3,(H2,29,30,31,33)/t16-,17?,21+,22-/m0/s1. The largest absolute Gasteiger partial charge is 0.390 e. The molecule has 38 heavy (non-hydrogen) atoms. The molecule has 6 N–H and O–H groups in total. The fourth-order valence-corrected chi connectivity index (χ4v) is 6.90. The van der Waals surface area contributed by atoms with Gasteiger partial charge in [0.05, 0.1) is 45.0 Å². The predicted octanol–water partition coefficient (Wildman–Crippen LogP) is 3.17. The molecule has 3 aromatic heterocycles. The van der Waals surface area contributed by atoms with Crippen LogP contribution in [0.5, 0.6) is 0 Å². The highest BCUT2D eigenvalue weighted by atomic mass is 32.1. The second kappa shape index (κ2) is 10.3. The smallest absolute Gasteiger partial charge is 0.225 e. The number of anilines is 2. The summed E-state index contributed by atoms with van der Waals surface area (Å²) >= 11 is 1.51. The van der Waals surface area contributed by atoms with E-state index in [2.05, 4.69) is 15.6 Å². The third-order valence-electron chi connectivity index (χ3n) is 8.07. The Morgan fingerprint density at radius 2 is 1.79 bits per heavy atom. The van der Waals surface area contributed by atoms with Crippen LogP contribution >= 0.6 is 11.3 Å². The molecule has 11 heteroatoms. The monoisotopic (exact) mass is 542 g/mol. The second-order valence-electron chi connectivity index (χ2n) is 11.5. The Morgan fingerprint density at radius 3 is 2.45 bits per heavy atom. The van der Waals surface area contributed by atoms with Crippen LogP contribution in [0.3, 0.4) is 0 Å². The lowest BCUT2D eigenvalue weighted by Crippen LogP contribution is -2.40. The van der Waals surface area contributed by atoms with Gasteiger partial charge in [-0.05, 0) is 53.0 Å². The van der Waals surface area contributed by atoms with E-state index in [9.17, 15) is 20.4 Å². The summed E-state index contributed by atoms with van der Waals surface area (Å²) in [5, 5.41) is 50.4. The first-order chi connectivity index (χ1) is 17.9. The molecule has 0 amide bonds. The number of aryl methyl sites for hydroxylation is 2. The van der Waals surface area contributed by atoms with Crippen molar-refractivity contribution in [3.05, 3.63) is 23.7 Å². The Morgan fingerprint density at radius 1 is 1.05 bits per heavy atom. The summed E-state index contributed by atoms with van der Waals surface area (Å²) in [6.07, 6.45) is 4.58. The molecule has 2 saturated carbocycles. The number of fused-ring (bicyclic) bond motifs is 1. The van der Waals surface area contributed by atoms with Gasteiger partial charge in [-0.15, -0.1) is 11.3 Å². The summed E-state index contributed by atoms with van der Waals surface area (Å²) < 4.78 is 0.998. The van der Waals surface area contributed by atoms with Gasteiger partial charge in [0.15, 0.2) is 0 Å². The third-order valence-corrected chi connectivity index (χ3v) is 9.10. The van der Waals surface area contributed by atoms with Crippen LogP contribution < -0.4 is 10.6 Å². The van der Waals surface area contributed by atoms with Gasteiger partial charge in [0, 0.05) is 18.7 Å². The highest BCUT2D eigenvalue weighted by Crippen LogP contribution is 2.40. The lowest BCUT2D eigenvalue weighted by Gasteiger charge is -2.32. The highest BCUT2D eigenvalue weighted by Gasteiger charge is 2.48. The van der Waals surface area contributed by atoms with Crippen molar-refractivity contribution in [2.45, 2.75) is 95.7 Å². The third kappa shape index (κ3) is 5.35. The lowest BCUT2D eigenvalue weighted by atomic mass is 9.85. The van der Waals surface area contributed by atoms with Crippen molar-refractivity contribution in [1.29, 1.82) is 0 Å². The first-order valence-corrected chi connectivity index (χ1v) is 14.2. The molecular formula is C27H38N6O4S. The maximum Gasteiger partial charge on any atom is 0.225 e. The molecule has 5 rings (SSSR count). The summed E-state index contributed by atoms with van der Waals surface area (Å²) in [5.74, 6) is 0.349. The van der Waals surface area contributed by atoms with E-state index >= 15 is 0 Å². The molecule has 2 fully saturated rings. The van der Waals surface area contributed by atoms with Gasteiger partial charge < -0.3 is 31.1 Å². The second-order valence-corrected chi connectivity index (χ2v) is 12.5. The molecule has 3 aromatic rings. The van der Waals surface area contributed by atoms with Crippen molar-refractivity contribution in [3.8, 4) is 10.6 Å². The molecule has 2 aliphatic rings. The predicted molar refractivity (Wildman–Crippen MR) is 148 cm³/mol. The number of aliphatic hydroxyl groups is 4. The molecule has 2 aliphatic carbocycles. The van der Waals surface area contributed by atoms with Crippen LogP contribution in [0.1, 0.15) is 63.8 Å². The maximum atomic E-state index is 11.0. The van der Waals surface area contributed by atoms with E-state index in [0.29, 0.717) is 36.0 Å². The number of thiazole rings is 1. The fourth-order valence-electron chi connectivity index (χ4n) is 5.79. The molecular weight excluding hydrogens is 504 g/mol. The Balaban J connectivity index is 1.51. The molecule has 10 nitrogen and oxygen atoms in total. The van der Waals surface area contributed by atoms with E-state index in [0.717, 1.165) is 53.0 Å². The number of aromatic nitrogens is 4. The van der Waals surface area contributed by atoms with Gasteiger partial charge in [-0.1, -0.05) is 19.3 Å². The molecule has 0 spiro atoms. The van der Waals surface area contributed by atoms with Gasteiger partial charge in [-0.2, -0.15) is 4.98 Å². The van der Waals surface area contributed by atoms with Crippen LogP contribution in [-0.4, -0.2) is 76.4 Å². The maximum absolute atomic E-state index is 11.0. The number of aliphatic hydroxyl groups excluding tert-OH is 2. The van der Waals surface area contributed by atoms with Crippen LogP contribution in [0.4, 0.5) is 11.8 Å². The van der Waals surface area contributed by atoms with Crippen LogP contribution in [0.2, 0.25) is 0 Å². The van der Waals surface area contributed by atoms with E-state index in [4.69, 9.17) is 15.0 Å². The number of hydrogen-bond donors (Lipinski definition) is 6. The van der Waals surface area contributed by atoms with E-state index < -0.39 is 35.4 Å². The molecule has 0 radical (unpaired) electrons. The first kappa shape index (κ1) is 27.1. The molecule has 0 bridgehead atoms. The topological polar surface area (TPSA) is 157 Å². The van der Waals surface area contributed by atoms with Crippen molar-refractivity contribution < 1.29 is 20.4 Å². The number of nitrogens with zero attached hydrogens (tertiary/aromatic N) is 4. The van der Waals surface area contributed by atoms with Gasteiger partial charge in [-0.3, -0.25) is 4.98 Å². The number of nitrogens with one attached hydrogen (secondary N) is 2. The summed E-state index contributed by atoms with van der Waals surface area (Å²) in [4.78, 5) is 18.7. The van der Waals surface area contributed by atoms with Crippen LogP contribution in [0, 0.1) is 19.8 Å². The average Bonchev–Trinajstić information content (AvgIpc) is 3.40. The summed E-state index contributed by atoms with van der Waals surface area (Å²) in [6.45, 7) is 7.45. The molecule has 0 aromatic carbocycles. The van der Waals surface area contributed by atoms with E-state index in [1.807, 2.05) is 19.9 Å². The molecule has 3 heterocycles. The van der Waals surface area contributed by atoms with E-state index in [1.54, 1.807) is 20.0 Å². The van der Waals surface area contributed by atoms with Crippen molar-refractivity contribution >= 4 is 33.3 Å². The minimum atomic E-state index is -1.15. The summed E-state index contributed by atoms with van der Waals surface area (Å²) in [6, 6.07) is 1.39. The Kier molecular flexibility index (Phi) is 7.34. The zero-order valence-electron chi connectivity index (χ0n) is 22.4. The number of pyridine rings is 1. The Bertz CT molecular complexity index is 1300. The van der Waals surface area contributed by atoms with Crippen molar-refractivity contribution in [2.75, 3.05) is 17.2 Å². The van der Waals surface area contributed by atoms with Crippen LogP contribution in [0.25, 0.3) is 20.8 Å². The van der Waals surface area contributed by atoms with Gasteiger partial charge in [0.1, 0.15) is 22.4 Å². The van der Waals surface area contributed by atoms with Crippen LogP contribution in [-0.2, 0) is 0 Å². The zero-order chi connectivity index (χ0) is 27.2. The SMILES string of the molecule is Cc1nc(NCC2(O)CCCCC2)nc(NC2C[C@H](C(C)(C)O)[C@@H](O)[C@H]2O)c1-c1nc2c(C)nccc2s1. The average molecular weight is 543 g/mol. The zero-order valence-corrected chi connectivity index (χ0v) is 23.2. The van der Waals surface area contributed by atoms with Gasteiger partial charge >= 0.3 is 0 Å². The quantitative estimate of drug-likeness (QED) is 0.262. The summed E-state index contributed by atoms with van der Waals surface area (Å²) in [7, 11) is 0. The van der Waals surface area contributed by atoms with Gasteiger partial charge in [0.25, 0.3) is 0 Å². The molecule has 206 valence electrons. The first-order valence-electron chi connectivity index (χ1n) is 13.4. The number of rotatable bonds is 7. The Hall–Kier alpha value is -2.44. The summed E-state index contributed by atoms with van der Waals surface area (Å²) in [5.41, 5.74) is 1.11. The molecule has 0 aliphatic heterocycles. The highest BCUT2D eigenvalue weighted by molar-refractivity contribution is 7.21. The fraction of sp³-hybridized carbons (Fsp3) is 0.630. The van der Waals surface area contributed by atoms with E-state index in [-0.39, 0.29) is 0 Å². The van der Waals surface area contributed by atoms with Crippen LogP contribution in [0.15, 0.2) is 12.3 Å². The lowest BCUT2D eigenvalue weighted by molar-refractivity contribution is -0.0601. The van der Waals surface area contributed by atoms with E-state index in [1.165, 1.54) is 11.3 Å². The molecule has 0 saturated heterocycles.